The summed E-state index contributed by atoms with van der Waals surface area (Å²) in [4.78, 5) is 0. The zero-order valence-corrected chi connectivity index (χ0v) is 9.42. The summed E-state index contributed by atoms with van der Waals surface area (Å²) in [7, 11) is 0. The lowest BCUT2D eigenvalue weighted by molar-refractivity contribution is 0.168. The van der Waals surface area contributed by atoms with Gasteiger partial charge in [-0.2, -0.15) is 0 Å². The van der Waals surface area contributed by atoms with Crippen molar-refractivity contribution in [2.24, 2.45) is 5.92 Å². The predicted octanol–water partition coefficient (Wildman–Crippen LogP) is 3.42. The summed E-state index contributed by atoms with van der Waals surface area (Å²) in [6.45, 7) is 0. The van der Waals surface area contributed by atoms with Crippen LogP contribution in [0.2, 0.25) is 0 Å². The van der Waals surface area contributed by atoms with Gasteiger partial charge in [-0.15, -0.1) is 0 Å². The zero-order valence-electron chi connectivity index (χ0n) is 9.42. The number of aliphatic hydroxyl groups excluding tert-OH is 1. The summed E-state index contributed by atoms with van der Waals surface area (Å²) >= 11 is 0. The van der Waals surface area contributed by atoms with Crippen LogP contribution in [0.5, 0.6) is 0 Å². The Labute approximate surface area is 97.1 Å². The summed E-state index contributed by atoms with van der Waals surface area (Å²) in [6, 6.07) is 10.1. The highest BCUT2D eigenvalue weighted by atomic mass is 16.3. The van der Waals surface area contributed by atoms with E-state index in [9.17, 15) is 5.11 Å². The van der Waals surface area contributed by atoms with E-state index in [0.717, 1.165) is 18.4 Å². The fourth-order valence-electron chi connectivity index (χ4n) is 2.04. The van der Waals surface area contributed by atoms with Gasteiger partial charge in [0.15, 0.2) is 0 Å². The third-order valence-electron chi connectivity index (χ3n) is 3.02. The third kappa shape index (κ3) is 3.07. The van der Waals surface area contributed by atoms with Crippen LogP contribution < -0.4 is 0 Å². The van der Waals surface area contributed by atoms with Crippen LogP contribution in [0.3, 0.4) is 0 Å². The van der Waals surface area contributed by atoms with Crippen molar-refractivity contribution in [3.63, 3.8) is 0 Å². The summed E-state index contributed by atoms with van der Waals surface area (Å²) in [5.74, 6) is 0.300. The van der Waals surface area contributed by atoms with Gasteiger partial charge in [-0.25, -0.2) is 0 Å². The van der Waals surface area contributed by atoms with E-state index in [1.807, 2.05) is 42.5 Å². The van der Waals surface area contributed by atoms with Gasteiger partial charge < -0.3 is 5.11 Å². The first-order chi connectivity index (χ1) is 7.86. The smallest absolute Gasteiger partial charge is 0.0786 e. The highest BCUT2D eigenvalue weighted by Gasteiger charge is 2.15. The molecule has 0 bridgehead atoms. The molecule has 0 aliphatic heterocycles. The van der Waals surface area contributed by atoms with Crippen LogP contribution in [-0.2, 0) is 0 Å². The molecule has 1 aliphatic rings. The van der Waals surface area contributed by atoms with E-state index in [-0.39, 0.29) is 6.10 Å². The van der Waals surface area contributed by atoms with Crippen LogP contribution in [0.1, 0.15) is 24.8 Å². The van der Waals surface area contributed by atoms with Crippen molar-refractivity contribution in [3.05, 3.63) is 54.1 Å². The highest BCUT2D eigenvalue weighted by Crippen LogP contribution is 2.21. The van der Waals surface area contributed by atoms with E-state index in [2.05, 4.69) is 12.2 Å². The normalized spacial score (nSPS) is 22.4. The second-order valence-electron chi connectivity index (χ2n) is 4.28. The monoisotopic (exact) mass is 214 g/mol. The summed E-state index contributed by atoms with van der Waals surface area (Å²) < 4.78 is 0. The minimum Gasteiger partial charge on any atom is -0.388 e. The van der Waals surface area contributed by atoms with Crippen molar-refractivity contribution in [3.8, 4) is 0 Å². The summed E-state index contributed by atoms with van der Waals surface area (Å²) in [5, 5.41) is 10.00. The van der Waals surface area contributed by atoms with E-state index in [0.29, 0.717) is 5.92 Å². The number of allylic oxidation sites excluding steroid dienone is 1. The van der Waals surface area contributed by atoms with Crippen LogP contribution in [-0.4, -0.2) is 11.2 Å². The van der Waals surface area contributed by atoms with Crippen LogP contribution in [0, 0.1) is 5.92 Å². The molecule has 2 atom stereocenters. The average Bonchev–Trinajstić information content (AvgIpc) is 2.38. The maximum Gasteiger partial charge on any atom is 0.0786 e. The minimum atomic E-state index is -0.350. The van der Waals surface area contributed by atoms with Crippen LogP contribution in [0.4, 0.5) is 0 Å². The molecule has 1 heteroatoms. The first-order valence-electron chi connectivity index (χ1n) is 5.94. The first kappa shape index (κ1) is 11.2. The van der Waals surface area contributed by atoms with Crippen LogP contribution in [0.25, 0.3) is 6.08 Å². The fraction of sp³-hybridized carbons (Fsp3) is 0.333. The highest BCUT2D eigenvalue weighted by molar-refractivity contribution is 5.49. The fourth-order valence-corrected chi connectivity index (χ4v) is 2.04. The molecule has 0 radical (unpaired) electrons. The van der Waals surface area contributed by atoms with Crippen molar-refractivity contribution in [2.45, 2.75) is 25.4 Å². The summed E-state index contributed by atoms with van der Waals surface area (Å²) in [5.41, 5.74) is 1.14. The second kappa shape index (κ2) is 5.66. The Bertz CT molecular complexity index is 364. The van der Waals surface area contributed by atoms with E-state index in [1.54, 1.807) is 0 Å². The largest absolute Gasteiger partial charge is 0.388 e. The molecule has 2 rings (SSSR count). The molecule has 0 unspecified atom stereocenters. The van der Waals surface area contributed by atoms with Gasteiger partial charge in [0.1, 0.15) is 0 Å². The molecule has 1 aromatic rings. The molecule has 0 aromatic heterocycles. The molecule has 0 amide bonds. The Morgan fingerprint density at radius 2 is 2.06 bits per heavy atom. The lowest BCUT2D eigenvalue weighted by Crippen LogP contribution is -2.17. The number of benzene rings is 1. The zero-order chi connectivity index (χ0) is 11.2. The standard InChI is InChI=1S/C15H18O/c16-15(14-9-5-2-6-10-14)12-11-13-7-3-1-4-8-13/h1,3-5,7-9,11-12,14-16H,2,6,10H2/b12-11+/t14-,15+/m0/s1. The Balaban J connectivity index is 1.96. The Kier molecular flexibility index (Phi) is 3.95. The van der Waals surface area contributed by atoms with Crippen LogP contribution in [0.15, 0.2) is 48.6 Å². The number of aliphatic hydroxyl groups is 1. The third-order valence-corrected chi connectivity index (χ3v) is 3.02. The molecular formula is C15H18O. The Morgan fingerprint density at radius 1 is 1.25 bits per heavy atom. The quantitative estimate of drug-likeness (QED) is 0.764. The number of rotatable bonds is 3. The molecule has 1 aliphatic carbocycles. The van der Waals surface area contributed by atoms with Gasteiger partial charge in [0.2, 0.25) is 0 Å². The molecule has 16 heavy (non-hydrogen) atoms. The van der Waals surface area contributed by atoms with Crippen LogP contribution >= 0.6 is 0 Å². The average molecular weight is 214 g/mol. The second-order valence-corrected chi connectivity index (χ2v) is 4.28. The van der Waals surface area contributed by atoms with Crippen molar-refractivity contribution in [2.75, 3.05) is 0 Å². The van der Waals surface area contributed by atoms with E-state index < -0.39 is 0 Å². The molecule has 0 saturated heterocycles. The lowest BCUT2D eigenvalue weighted by atomic mass is 9.90. The van der Waals surface area contributed by atoms with Crippen molar-refractivity contribution < 1.29 is 5.11 Å². The molecule has 0 saturated carbocycles. The van der Waals surface area contributed by atoms with Gasteiger partial charge in [-0.1, -0.05) is 54.6 Å². The Hall–Kier alpha value is -1.34. The molecular weight excluding hydrogens is 196 g/mol. The first-order valence-corrected chi connectivity index (χ1v) is 5.94. The molecule has 0 fully saturated rings. The number of hydrogen-bond acceptors (Lipinski definition) is 1. The molecule has 1 nitrogen and oxygen atoms in total. The maximum absolute atomic E-state index is 10.00. The van der Waals surface area contributed by atoms with Crippen molar-refractivity contribution in [1.29, 1.82) is 0 Å². The molecule has 0 heterocycles. The van der Waals surface area contributed by atoms with E-state index in [1.165, 1.54) is 6.42 Å². The lowest BCUT2D eigenvalue weighted by Gasteiger charge is -2.19. The molecule has 84 valence electrons. The summed E-state index contributed by atoms with van der Waals surface area (Å²) in [6.07, 6.45) is 11.3. The Morgan fingerprint density at radius 3 is 2.75 bits per heavy atom. The van der Waals surface area contributed by atoms with E-state index >= 15 is 0 Å². The van der Waals surface area contributed by atoms with Gasteiger partial charge in [0, 0.05) is 5.92 Å². The maximum atomic E-state index is 10.00. The van der Waals surface area contributed by atoms with Gasteiger partial charge >= 0.3 is 0 Å². The van der Waals surface area contributed by atoms with Crippen molar-refractivity contribution >= 4 is 6.08 Å². The molecule has 0 spiro atoms. The van der Waals surface area contributed by atoms with Gasteiger partial charge in [0.05, 0.1) is 6.10 Å². The SMILES string of the molecule is O[C@H](/C=C/c1ccccc1)[C@H]1C=CCCC1. The van der Waals surface area contributed by atoms with E-state index in [4.69, 9.17) is 0 Å². The van der Waals surface area contributed by atoms with Gasteiger partial charge in [0.25, 0.3) is 0 Å². The predicted molar refractivity (Wildman–Crippen MR) is 68.0 cm³/mol. The molecule has 1 aromatic carbocycles. The molecule has 1 N–H and O–H groups in total. The van der Waals surface area contributed by atoms with Gasteiger partial charge in [-0.3, -0.25) is 0 Å². The van der Waals surface area contributed by atoms with Gasteiger partial charge in [-0.05, 0) is 24.8 Å². The minimum absolute atomic E-state index is 0.300. The number of hydrogen-bond donors (Lipinski definition) is 1. The van der Waals surface area contributed by atoms with Crippen molar-refractivity contribution in [1.82, 2.24) is 0 Å². The topological polar surface area (TPSA) is 20.2 Å².